The van der Waals surface area contributed by atoms with Gasteiger partial charge in [-0.25, -0.2) is 4.98 Å². The number of benzene rings is 1. The van der Waals surface area contributed by atoms with E-state index in [1.54, 1.807) is 14.2 Å². The number of aromatic nitrogens is 1. The van der Waals surface area contributed by atoms with Crippen molar-refractivity contribution in [2.24, 2.45) is 5.73 Å². The normalized spacial score (nSPS) is 14.2. The van der Waals surface area contributed by atoms with Crippen LogP contribution in [0.25, 0.3) is 10.8 Å². The number of pyridine rings is 1. The molecule has 0 aliphatic heterocycles. The minimum absolute atomic E-state index is 0.569. The Morgan fingerprint density at radius 3 is 2.57 bits per heavy atom. The fraction of sp³-hybridized carbons (Fsp3) is 0.438. The van der Waals surface area contributed by atoms with Gasteiger partial charge in [0.1, 0.15) is 5.82 Å². The zero-order valence-corrected chi connectivity index (χ0v) is 12.5. The highest BCUT2D eigenvalue weighted by Crippen LogP contribution is 2.38. The van der Waals surface area contributed by atoms with Crippen LogP contribution in [0.15, 0.2) is 24.4 Å². The molecule has 0 radical (unpaired) electrons. The van der Waals surface area contributed by atoms with Gasteiger partial charge in [-0.15, -0.1) is 0 Å². The quantitative estimate of drug-likeness (QED) is 0.882. The molecule has 1 saturated carbocycles. The summed E-state index contributed by atoms with van der Waals surface area (Å²) in [4.78, 5) is 6.91. The van der Waals surface area contributed by atoms with Gasteiger partial charge in [0.25, 0.3) is 0 Å². The van der Waals surface area contributed by atoms with E-state index in [0.717, 1.165) is 34.6 Å². The van der Waals surface area contributed by atoms with Crippen LogP contribution in [0.3, 0.4) is 0 Å². The van der Waals surface area contributed by atoms with Crippen LogP contribution in [0.5, 0.6) is 11.5 Å². The molecule has 1 aliphatic carbocycles. The summed E-state index contributed by atoms with van der Waals surface area (Å²) in [6, 6.07) is 6.56. The Morgan fingerprint density at radius 2 is 1.95 bits per heavy atom. The van der Waals surface area contributed by atoms with Crippen LogP contribution >= 0.6 is 0 Å². The topological polar surface area (TPSA) is 60.6 Å². The first-order valence-electron chi connectivity index (χ1n) is 7.26. The van der Waals surface area contributed by atoms with E-state index in [-0.39, 0.29) is 0 Å². The first kappa shape index (κ1) is 13.9. The third-order valence-corrected chi connectivity index (χ3v) is 3.88. The molecule has 21 heavy (non-hydrogen) atoms. The van der Waals surface area contributed by atoms with Crippen molar-refractivity contribution in [2.45, 2.75) is 18.9 Å². The highest BCUT2D eigenvalue weighted by molar-refractivity contribution is 5.94. The molecule has 5 nitrogen and oxygen atoms in total. The van der Waals surface area contributed by atoms with Crippen LogP contribution < -0.4 is 20.1 Å². The summed E-state index contributed by atoms with van der Waals surface area (Å²) in [5.74, 6) is 2.45. The smallest absolute Gasteiger partial charge is 0.161 e. The Bertz CT molecular complexity index is 641. The van der Waals surface area contributed by atoms with Crippen molar-refractivity contribution in [3.63, 3.8) is 0 Å². The monoisotopic (exact) mass is 287 g/mol. The highest BCUT2D eigenvalue weighted by Gasteiger charge is 2.30. The summed E-state index contributed by atoms with van der Waals surface area (Å²) < 4.78 is 10.8. The van der Waals surface area contributed by atoms with Gasteiger partial charge in [-0.05, 0) is 36.4 Å². The predicted octanol–water partition coefficient (Wildman–Crippen LogP) is 2.18. The first-order valence-corrected chi connectivity index (χ1v) is 7.26. The van der Waals surface area contributed by atoms with Crippen LogP contribution in [0, 0.1) is 0 Å². The molecule has 2 N–H and O–H groups in total. The van der Waals surface area contributed by atoms with Crippen molar-refractivity contribution in [3.05, 3.63) is 24.4 Å². The summed E-state index contributed by atoms with van der Waals surface area (Å²) in [7, 11) is 3.30. The maximum Gasteiger partial charge on any atom is 0.161 e. The van der Waals surface area contributed by atoms with Gasteiger partial charge in [0.2, 0.25) is 0 Å². The summed E-state index contributed by atoms with van der Waals surface area (Å²) in [5.41, 5.74) is 5.76. The van der Waals surface area contributed by atoms with Crippen LogP contribution in [0.2, 0.25) is 0 Å². The minimum atomic E-state index is 0.569. The van der Waals surface area contributed by atoms with Gasteiger partial charge in [-0.1, -0.05) is 0 Å². The molecular weight excluding hydrogens is 266 g/mol. The summed E-state index contributed by atoms with van der Waals surface area (Å²) in [6.45, 7) is 1.45. The predicted molar refractivity (Wildman–Crippen MR) is 84.3 cm³/mol. The third-order valence-electron chi connectivity index (χ3n) is 3.88. The first-order chi connectivity index (χ1) is 10.3. The fourth-order valence-corrected chi connectivity index (χ4v) is 2.70. The van der Waals surface area contributed by atoms with Crippen molar-refractivity contribution < 1.29 is 9.47 Å². The number of ether oxygens (including phenoxy) is 2. The van der Waals surface area contributed by atoms with E-state index in [9.17, 15) is 0 Å². The number of nitrogens with two attached hydrogens (primary N) is 1. The lowest BCUT2D eigenvalue weighted by molar-refractivity contribution is 0.356. The molecule has 112 valence electrons. The number of hydrogen-bond acceptors (Lipinski definition) is 5. The lowest BCUT2D eigenvalue weighted by Gasteiger charge is -2.24. The van der Waals surface area contributed by atoms with Gasteiger partial charge in [0, 0.05) is 30.7 Å². The lowest BCUT2D eigenvalue weighted by atomic mass is 10.1. The Hall–Kier alpha value is -2.01. The molecule has 1 aliphatic rings. The molecular formula is C16H21N3O2. The van der Waals surface area contributed by atoms with E-state index in [4.69, 9.17) is 15.2 Å². The van der Waals surface area contributed by atoms with Crippen LogP contribution in [-0.4, -0.2) is 38.3 Å². The maximum atomic E-state index is 5.76. The van der Waals surface area contributed by atoms with Crippen LogP contribution in [-0.2, 0) is 0 Å². The molecule has 3 rings (SSSR count). The van der Waals surface area contributed by atoms with Gasteiger partial charge >= 0.3 is 0 Å². The number of rotatable bonds is 6. The van der Waals surface area contributed by atoms with E-state index in [1.165, 1.54) is 12.8 Å². The van der Waals surface area contributed by atoms with Crippen molar-refractivity contribution in [2.75, 3.05) is 32.2 Å². The second-order valence-electron chi connectivity index (χ2n) is 5.28. The van der Waals surface area contributed by atoms with Gasteiger partial charge in [0.05, 0.1) is 14.2 Å². The molecule has 0 amide bonds. The average molecular weight is 287 g/mol. The molecule has 1 aromatic heterocycles. The molecule has 0 saturated heterocycles. The Balaban J connectivity index is 2.13. The molecule has 2 aromatic rings. The van der Waals surface area contributed by atoms with Crippen molar-refractivity contribution in [3.8, 4) is 11.5 Å². The molecule has 1 heterocycles. The number of methoxy groups -OCH3 is 2. The van der Waals surface area contributed by atoms with Gasteiger partial charge in [0.15, 0.2) is 11.5 Å². The summed E-state index contributed by atoms with van der Waals surface area (Å²) >= 11 is 0. The average Bonchev–Trinajstić information content (AvgIpc) is 3.35. The molecule has 0 bridgehead atoms. The molecule has 1 aromatic carbocycles. The Morgan fingerprint density at radius 1 is 1.24 bits per heavy atom. The highest BCUT2D eigenvalue weighted by atomic mass is 16.5. The zero-order valence-electron chi connectivity index (χ0n) is 12.5. The number of hydrogen-bond donors (Lipinski definition) is 1. The number of nitrogens with zero attached hydrogens (tertiary/aromatic N) is 2. The second kappa shape index (κ2) is 5.77. The van der Waals surface area contributed by atoms with Gasteiger partial charge in [-0.2, -0.15) is 0 Å². The van der Waals surface area contributed by atoms with E-state index in [2.05, 4.69) is 9.88 Å². The van der Waals surface area contributed by atoms with Gasteiger partial charge in [-0.3, -0.25) is 0 Å². The zero-order chi connectivity index (χ0) is 14.8. The van der Waals surface area contributed by atoms with E-state index in [0.29, 0.717) is 12.6 Å². The van der Waals surface area contributed by atoms with Crippen molar-refractivity contribution >= 4 is 16.6 Å². The molecule has 5 heteroatoms. The largest absolute Gasteiger partial charge is 0.493 e. The molecule has 1 fully saturated rings. The van der Waals surface area contributed by atoms with E-state index < -0.39 is 0 Å². The number of anilines is 1. The van der Waals surface area contributed by atoms with E-state index in [1.807, 2.05) is 24.4 Å². The minimum Gasteiger partial charge on any atom is -0.493 e. The van der Waals surface area contributed by atoms with Crippen LogP contribution in [0.4, 0.5) is 5.82 Å². The SMILES string of the molecule is COc1cc2ccnc(N(CCN)C3CC3)c2cc1OC. The van der Waals surface area contributed by atoms with Crippen molar-refractivity contribution in [1.82, 2.24) is 4.98 Å². The molecule has 0 atom stereocenters. The van der Waals surface area contributed by atoms with Crippen molar-refractivity contribution in [1.29, 1.82) is 0 Å². The third kappa shape index (κ3) is 2.61. The molecule has 0 spiro atoms. The lowest BCUT2D eigenvalue weighted by Crippen LogP contribution is -2.32. The van der Waals surface area contributed by atoms with Crippen LogP contribution in [0.1, 0.15) is 12.8 Å². The summed E-state index contributed by atoms with van der Waals surface area (Å²) in [6.07, 6.45) is 4.27. The second-order valence-corrected chi connectivity index (χ2v) is 5.28. The number of fused-ring (bicyclic) bond motifs is 1. The molecule has 0 unspecified atom stereocenters. The Kier molecular flexibility index (Phi) is 3.84. The fourth-order valence-electron chi connectivity index (χ4n) is 2.70. The van der Waals surface area contributed by atoms with Gasteiger partial charge < -0.3 is 20.1 Å². The summed E-state index contributed by atoms with van der Waals surface area (Å²) in [5, 5.41) is 2.18. The Labute approximate surface area is 124 Å². The van der Waals surface area contributed by atoms with E-state index >= 15 is 0 Å². The standard InChI is InChI=1S/C16H21N3O2/c1-20-14-9-11-5-7-18-16(13(11)10-15(14)21-2)19(8-6-17)12-3-4-12/h5,7,9-10,12H,3-4,6,8,17H2,1-2H3. The maximum absolute atomic E-state index is 5.76.